The zero-order chi connectivity index (χ0) is 25.8. The first-order chi connectivity index (χ1) is 17.6. The Morgan fingerprint density at radius 3 is 2.17 bits per heavy atom. The van der Waals surface area contributed by atoms with Crippen LogP contribution in [0.3, 0.4) is 0 Å². The summed E-state index contributed by atoms with van der Waals surface area (Å²) in [7, 11) is 0. The summed E-state index contributed by atoms with van der Waals surface area (Å²) in [6.07, 6.45) is 9.03. The second kappa shape index (κ2) is 14.1. The molecule has 190 valence electrons. The number of aromatic nitrogens is 2. The zero-order valence-corrected chi connectivity index (χ0v) is 20.7. The van der Waals surface area contributed by atoms with E-state index in [1.807, 2.05) is 32.1 Å². The number of halogens is 2. The van der Waals surface area contributed by atoms with Gasteiger partial charge in [-0.25, -0.2) is 8.78 Å². The highest BCUT2D eigenvalue weighted by atomic mass is 19.1. The number of anilines is 1. The molecule has 2 aromatic carbocycles. The quantitative estimate of drug-likeness (QED) is 0.392. The van der Waals surface area contributed by atoms with Crippen LogP contribution in [0.2, 0.25) is 0 Å². The van der Waals surface area contributed by atoms with E-state index in [-0.39, 0.29) is 5.56 Å². The van der Waals surface area contributed by atoms with Gasteiger partial charge in [-0.3, -0.25) is 9.89 Å². The topological polar surface area (TPSA) is 81.8 Å². The van der Waals surface area contributed by atoms with Crippen molar-refractivity contribution in [2.75, 3.05) is 31.5 Å². The molecule has 0 aliphatic carbocycles. The maximum Gasteiger partial charge on any atom is 0.258 e. The number of nitrogens with one attached hydrogen (secondary N) is 4. The van der Waals surface area contributed by atoms with Gasteiger partial charge in [-0.05, 0) is 79.0 Å². The molecule has 4 N–H and O–H groups in total. The van der Waals surface area contributed by atoms with E-state index in [1.165, 1.54) is 18.2 Å². The van der Waals surface area contributed by atoms with E-state index in [1.54, 1.807) is 30.6 Å². The Hall–Kier alpha value is -3.62. The second-order valence-corrected chi connectivity index (χ2v) is 7.98. The summed E-state index contributed by atoms with van der Waals surface area (Å²) < 4.78 is 29.1. The Balaban J connectivity index is 0.000000452. The minimum absolute atomic E-state index is 0.0613. The van der Waals surface area contributed by atoms with Gasteiger partial charge in [0, 0.05) is 36.7 Å². The number of aromatic amines is 1. The highest BCUT2D eigenvalue weighted by molar-refractivity contribution is 6.04. The van der Waals surface area contributed by atoms with Gasteiger partial charge in [0.25, 0.3) is 5.91 Å². The number of carbonyl (C=O) groups excluding carboxylic acids is 1. The van der Waals surface area contributed by atoms with E-state index < -0.39 is 17.5 Å². The molecule has 6 nitrogen and oxygen atoms in total. The highest BCUT2D eigenvalue weighted by Crippen LogP contribution is 2.26. The number of H-pyrrole nitrogens is 1. The number of carbonyl (C=O) groups is 1. The third-order valence-electron chi connectivity index (χ3n) is 5.69. The van der Waals surface area contributed by atoms with Gasteiger partial charge in [-0.15, -0.1) is 0 Å². The molecule has 3 heterocycles. The molecule has 8 heteroatoms. The maximum atomic E-state index is 14.6. The van der Waals surface area contributed by atoms with E-state index in [0.717, 1.165) is 55.7 Å². The van der Waals surface area contributed by atoms with Gasteiger partial charge in [-0.2, -0.15) is 5.10 Å². The molecule has 0 fully saturated rings. The van der Waals surface area contributed by atoms with Gasteiger partial charge in [-0.1, -0.05) is 32.1 Å². The van der Waals surface area contributed by atoms with Crippen LogP contribution in [0.1, 0.15) is 48.2 Å². The van der Waals surface area contributed by atoms with Crippen LogP contribution in [0.25, 0.3) is 11.1 Å². The van der Waals surface area contributed by atoms with E-state index >= 15 is 0 Å². The van der Waals surface area contributed by atoms with Crippen LogP contribution in [0.15, 0.2) is 67.0 Å². The molecule has 3 aromatic rings. The lowest BCUT2D eigenvalue weighted by Crippen LogP contribution is -2.20. The van der Waals surface area contributed by atoms with E-state index in [9.17, 15) is 13.6 Å². The number of hydrogen-bond acceptors (Lipinski definition) is 4. The van der Waals surface area contributed by atoms with Crippen molar-refractivity contribution in [3.8, 4) is 0 Å². The first-order valence-corrected chi connectivity index (χ1v) is 12.3. The molecule has 2 aliphatic heterocycles. The lowest BCUT2D eigenvalue weighted by Gasteiger charge is -2.16. The SMILES string of the molecule is CC.O=C(Nc1ccc(C2=CCNCC2)c(F)c1)c1ccc(C2=CCNCC2)cc1F.c1cn[nH]c1. The van der Waals surface area contributed by atoms with Crippen LogP contribution in [-0.2, 0) is 0 Å². The fraction of sp³-hybridized carbons (Fsp3) is 0.286. The Kier molecular flexibility index (Phi) is 10.5. The third-order valence-corrected chi connectivity index (χ3v) is 5.69. The van der Waals surface area contributed by atoms with Gasteiger partial charge in [0.15, 0.2) is 0 Å². The molecule has 0 saturated heterocycles. The fourth-order valence-corrected chi connectivity index (χ4v) is 3.92. The lowest BCUT2D eigenvalue weighted by atomic mass is 9.98. The predicted octanol–water partition coefficient (Wildman–Crippen LogP) is 5.41. The maximum absolute atomic E-state index is 14.6. The zero-order valence-electron chi connectivity index (χ0n) is 20.7. The monoisotopic (exact) mass is 493 g/mol. The van der Waals surface area contributed by atoms with Crippen LogP contribution >= 0.6 is 0 Å². The number of hydrogen-bond donors (Lipinski definition) is 4. The Labute approximate surface area is 210 Å². The van der Waals surface area contributed by atoms with Crippen molar-refractivity contribution >= 4 is 22.7 Å². The molecule has 0 bridgehead atoms. The van der Waals surface area contributed by atoms with Gasteiger partial charge in [0.2, 0.25) is 0 Å². The minimum Gasteiger partial charge on any atom is -0.322 e. The Morgan fingerprint density at radius 2 is 1.64 bits per heavy atom. The van der Waals surface area contributed by atoms with Crippen LogP contribution in [0.4, 0.5) is 14.5 Å². The van der Waals surface area contributed by atoms with Crippen molar-refractivity contribution in [2.45, 2.75) is 26.7 Å². The first kappa shape index (κ1) is 27.0. The molecule has 0 spiro atoms. The standard InChI is InChI=1S/C23H23F2N3O.C3H4N2.C2H6/c24-21-13-17(15-5-9-26-10-6-15)1-3-20(21)23(29)28-18-2-4-19(22(25)14-18)16-7-11-27-12-8-16;1-2-4-5-3-1;1-2/h1-5,7,13-14,26-27H,6,8-12H2,(H,28,29);1-3H,(H,4,5);1-2H3. The van der Waals surface area contributed by atoms with Gasteiger partial charge < -0.3 is 16.0 Å². The fourth-order valence-electron chi connectivity index (χ4n) is 3.92. The van der Waals surface area contributed by atoms with Gasteiger partial charge in [0.1, 0.15) is 11.6 Å². The summed E-state index contributed by atoms with van der Waals surface area (Å²) in [5.41, 5.74) is 3.58. The Morgan fingerprint density at radius 1 is 0.917 bits per heavy atom. The van der Waals surface area contributed by atoms with Crippen LogP contribution in [-0.4, -0.2) is 42.3 Å². The summed E-state index contributed by atoms with van der Waals surface area (Å²) >= 11 is 0. The average Bonchev–Trinajstić information content (AvgIpc) is 3.51. The smallest absolute Gasteiger partial charge is 0.258 e. The summed E-state index contributed by atoms with van der Waals surface area (Å²) in [6.45, 7) is 7.14. The molecule has 5 rings (SSSR count). The minimum atomic E-state index is -0.596. The molecule has 1 aromatic heterocycles. The van der Waals surface area contributed by atoms with Crippen LogP contribution in [0.5, 0.6) is 0 Å². The van der Waals surface area contributed by atoms with E-state index in [0.29, 0.717) is 11.3 Å². The Bertz CT molecular complexity index is 1170. The van der Waals surface area contributed by atoms with Crippen LogP contribution in [0, 0.1) is 11.6 Å². The largest absolute Gasteiger partial charge is 0.322 e. The van der Waals surface area contributed by atoms with Crippen molar-refractivity contribution < 1.29 is 13.6 Å². The highest BCUT2D eigenvalue weighted by Gasteiger charge is 2.16. The second-order valence-electron chi connectivity index (χ2n) is 7.98. The number of benzene rings is 2. The molecular weight excluding hydrogens is 460 g/mol. The number of nitrogens with zero attached hydrogens (tertiary/aromatic N) is 1. The van der Waals surface area contributed by atoms with Gasteiger partial charge in [0.05, 0.1) is 5.56 Å². The predicted molar refractivity (Wildman–Crippen MR) is 142 cm³/mol. The molecule has 0 unspecified atom stereocenters. The van der Waals surface area contributed by atoms with Crippen molar-refractivity contribution in [3.05, 3.63) is 95.3 Å². The van der Waals surface area contributed by atoms with Gasteiger partial charge >= 0.3 is 0 Å². The molecule has 0 saturated carbocycles. The number of rotatable bonds is 4. The van der Waals surface area contributed by atoms with Crippen molar-refractivity contribution in [1.82, 2.24) is 20.8 Å². The first-order valence-electron chi connectivity index (χ1n) is 12.3. The summed E-state index contributed by atoms with van der Waals surface area (Å²) in [4.78, 5) is 12.5. The summed E-state index contributed by atoms with van der Waals surface area (Å²) in [6, 6.07) is 11.0. The molecule has 0 radical (unpaired) electrons. The van der Waals surface area contributed by atoms with E-state index in [4.69, 9.17) is 0 Å². The summed E-state index contributed by atoms with van der Waals surface area (Å²) in [5, 5.41) is 15.2. The molecule has 36 heavy (non-hydrogen) atoms. The average molecular weight is 494 g/mol. The van der Waals surface area contributed by atoms with Crippen LogP contribution < -0.4 is 16.0 Å². The van der Waals surface area contributed by atoms with E-state index in [2.05, 4.69) is 26.1 Å². The summed E-state index contributed by atoms with van der Waals surface area (Å²) in [5.74, 6) is -1.58. The van der Waals surface area contributed by atoms with Crippen molar-refractivity contribution in [3.63, 3.8) is 0 Å². The third kappa shape index (κ3) is 7.44. The molecule has 2 aliphatic rings. The molecular formula is C28H33F2N5O. The number of amides is 1. The van der Waals surface area contributed by atoms with Crippen molar-refractivity contribution in [1.29, 1.82) is 0 Å². The van der Waals surface area contributed by atoms with Crippen molar-refractivity contribution in [2.24, 2.45) is 0 Å². The molecule has 1 amide bonds. The molecule has 0 atom stereocenters. The lowest BCUT2D eigenvalue weighted by molar-refractivity contribution is 0.102. The normalized spacial score (nSPS) is 14.8.